The van der Waals surface area contributed by atoms with Crippen LogP contribution in [0.4, 0.5) is 5.69 Å². The molecule has 1 aromatic rings. The number of rotatable bonds is 4. The second-order valence-corrected chi connectivity index (χ2v) is 5.68. The molecule has 0 spiro atoms. The first kappa shape index (κ1) is 13.4. The van der Waals surface area contributed by atoms with Gasteiger partial charge in [-0.2, -0.15) is 0 Å². The number of carbonyl (C=O) groups is 1. The van der Waals surface area contributed by atoms with E-state index in [9.17, 15) is 4.79 Å². The molecule has 4 nitrogen and oxygen atoms in total. The maximum Gasteiger partial charge on any atom is 0.325 e. The van der Waals surface area contributed by atoms with Gasteiger partial charge in [0, 0.05) is 24.8 Å². The Morgan fingerprint density at radius 1 is 1.45 bits per heavy atom. The fourth-order valence-corrected chi connectivity index (χ4v) is 3.07. The zero-order valence-electron chi connectivity index (χ0n) is 12.0. The van der Waals surface area contributed by atoms with Gasteiger partial charge in [0.2, 0.25) is 0 Å². The van der Waals surface area contributed by atoms with Crippen LogP contribution in [0.5, 0.6) is 0 Å². The van der Waals surface area contributed by atoms with Gasteiger partial charge < -0.3 is 10.1 Å². The lowest BCUT2D eigenvalue weighted by Crippen LogP contribution is -2.43. The smallest absolute Gasteiger partial charge is 0.325 e. The van der Waals surface area contributed by atoms with Crippen molar-refractivity contribution in [3.8, 4) is 0 Å². The molecule has 0 radical (unpaired) electrons. The number of methoxy groups -OCH3 is 1. The highest BCUT2D eigenvalue weighted by molar-refractivity contribution is 5.75. The number of hydrogen-bond donors (Lipinski definition) is 1. The molecular formula is C16H22N2O2. The molecule has 0 atom stereocenters. The van der Waals surface area contributed by atoms with Gasteiger partial charge in [-0.05, 0) is 36.5 Å². The summed E-state index contributed by atoms with van der Waals surface area (Å²) < 4.78 is 4.69. The summed E-state index contributed by atoms with van der Waals surface area (Å²) in [5.74, 6) is -0.228. The van der Waals surface area contributed by atoms with E-state index in [0.29, 0.717) is 0 Å². The highest BCUT2D eigenvalue weighted by Gasteiger charge is 2.28. The molecule has 108 valence electrons. The molecule has 1 N–H and O–H groups in total. The van der Waals surface area contributed by atoms with Crippen molar-refractivity contribution in [2.45, 2.75) is 38.3 Å². The molecule has 1 fully saturated rings. The van der Waals surface area contributed by atoms with E-state index in [0.717, 1.165) is 31.2 Å². The van der Waals surface area contributed by atoms with Crippen LogP contribution in [-0.4, -0.2) is 37.1 Å². The second-order valence-electron chi connectivity index (χ2n) is 5.68. The van der Waals surface area contributed by atoms with Gasteiger partial charge in [0.05, 0.1) is 7.11 Å². The number of carbonyl (C=O) groups excluding carboxylic acids is 1. The molecule has 0 amide bonds. The molecule has 1 aliphatic heterocycles. The zero-order valence-corrected chi connectivity index (χ0v) is 12.0. The molecule has 0 bridgehead atoms. The molecule has 1 aromatic carbocycles. The molecular weight excluding hydrogens is 252 g/mol. The van der Waals surface area contributed by atoms with Crippen LogP contribution in [-0.2, 0) is 22.5 Å². The van der Waals surface area contributed by atoms with E-state index in [1.54, 1.807) is 0 Å². The average Bonchev–Trinajstić information content (AvgIpc) is 2.42. The molecule has 3 rings (SSSR count). The van der Waals surface area contributed by atoms with Gasteiger partial charge in [0.1, 0.15) is 6.54 Å². The number of hydrogen-bond acceptors (Lipinski definition) is 4. The van der Waals surface area contributed by atoms with E-state index in [1.807, 2.05) is 0 Å². The van der Waals surface area contributed by atoms with E-state index >= 15 is 0 Å². The minimum atomic E-state index is -0.228. The maximum atomic E-state index is 11.3. The summed E-state index contributed by atoms with van der Waals surface area (Å²) in [7, 11) is 1.42. The zero-order chi connectivity index (χ0) is 13.9. The summed E-state index contributed by atoms with van der Waals surface area (Å²) in [5, 5.41) is 3.22. The lowest BCUT2D eigenvalue weighted by atomic mass is 9.88. The second kappa shape index (κ2) is 5.83. The van der Waals surface area contributed by atoms with Crippen LogP contribution < -0.4 is 5.32 Å². The van der Waals surface area contributed by atoms with Crippen LogP contribution in [0.15, 0.2) is 18.2 Å². The Morgan fingerprint density at radius 2 is 2.30 bits per heavy atom. The Kier molecular flexibility index (Phi) is 3.92. The van der Waals surface area contributed by atoms with Gasteiger partial charge in [-0.15, -0.1) is 0 Å². The van der Waals surface area contributed by atoms with Crippen molar-refractivity contribution in [2.75, 3.05) is 25.5 Å². The Hall–Kier alpha value is -1.55. The van der Waals surface area contributed by atoms with Gasteiger partial charge >= 0.3 is 5.97 Å². The third-order valence-corrected chi connectivity index (χ3v) is 4.54. The first-order valence-corrected chi connectivity index (χ1v) is 7.43. The predicted octanol–water partition coefficient (Wildman–Crippen LogP) is 2.18. The molecule has 2 aliphatic rings. The number of ether oxygens (including phenoxy) is 1. The number of nitrogens with one attached hydrogen (secondary N) is 1. The number of esters is 1. The van der Waals surface area contributed by atoms with Crippen molar-refractivity contribution < 1.29 is 9.53 Å². The monoisotopic (exact) mass is 274 g/mol. The lowest BCUT2D eigenvalue weighted by molar-refractivity contribution is -0.138. The van der Waals surface area contributed by atoms with E-state index < -0.39 is 0 Å². The van der Waals surface area contributed by atoms with Crippen LogP contribution in [0.25, 0.3) is 0 Å². The predicted molar refractivity (Wildman–Crippen MR) is 78.7 cm³/mol. The van der Waals surface area contributed by atoms with Crippen LogP contribution >= 0.6 is 0 Å². The highest BCUT2D eigenvalue weighted by atomic mass is 16.5. The third-order valence-electron chi connectivity index (χ3n) is 4.54. The van der Waals surface area contributed by atoms with Crippen LogP contribution in [0, 0.1) is 0 Å². The summed E-state index contributed by atoms with van der Waals surface area (Å²) in [6.45, 7) is 2.40. The van der Waals surface area contributed by atoms with Gasteiger partial charge in [0.25, 0.3) is 0 Å². The summed E-state index contributed by atoms with van der Waals surface area (Å²) in [6, 6.07) is 7.11. The first-order chi connectivity index (χ1) is 9.78. The number of fused-ring (bicyclic) bond motifs is 1. The average molecular weight is 274 g/mol. The topological polar surface area (TPSA) is 41.6 Å². The Balaban J connectivity index is 1.73. The quantitative estimate of drug-likeness (QED) is 0.855. The summed E-state index contributed by atoms with van der Waals surface area (Å²) >= 11 is 0. The molecule has 4 heteroatoms. The number of nitrogens with zero attached hydrogens (tertiary/aromatic N) is 1. The van der Waals surface area contributed by atoms with Crippen LogP contribution in [0.2, 0.25) is 0 Å². The van der Waals surface area contributed by atoms with E-state index in [1.165, 1.54) is 37.5 Å². The fraction of sp³-hybridized carbons (Fsp3) is 0.562. The van der Waals surface area contributed by atoms with Crippen molar-refractivity contribution >= 4 is 11.7 Å². The maximum absolute atomic E-state index is 11.3. The van der Waals surface area contributed by atoms with Crippen molar-refractivity contribution in [1.82, 2.24) is 4.90 Å². The Bertz CT molecular complexity index is 497. The van der Waals surface area contributed by atoms with E-state index in [2.05, 4.69) is 28.4 Å². The van der Waals surface area contributed by atoms with Gasteiger partial charge in [-0.1, -0.05) is 18.6 Å². The molecule has 1 saturated carbocycles. The van der Waals surface area contributed by atoms with E-state index in [4.69, 9.17) is 4.74 Å². The van der Waals surface area contributed by atoms with Crippen molar-refractivity contribution in [1.29, 1.82) is 0 Å². The lowest BCUT2D eigenvalue weighted by Gasteiger charge is -2.40. The summed E-state index contributed by atoms with van der Waals surface area (Å²) in [5.41, 5.74) is 3.85. The third kappa shape index (κ3) is 2.66. The SMILES string of the molecule is COC(=O)CNc1cccc2c1CN(C1CCC1)CC2. The Morgan fingerprint density at radius 3 is 3.00 bits per heavy atom. The van der Waals surface area contributed by atoms with Crippen molar-refractivity contribution in [3.63, 3.8) is 0 Å². The van der Waals surface area contributed by atoms with Crippen molar-refractivity contribution in [2.24, 2.45) is 0 Å². The molecule has 20 heavy (non-hydrogen) atoms. The van der Waals surface area contributed by atoms with E-state index in [-0.39, 0.29) is 12.5 Å². The largest absolute Gasteiger partial charge is 0.468 e. The van der Waals surface area contributed by atoms with Gasteiger partial charge in [0.15, 0.2) is 0 Å². The minimum Gasteiger partial charge on any atom is -0.468 e. The van der Waals surface area contributed by atoms with Crippen LogP contribution in [0.1, 0.15) is 30.4 Å². The minimum absolute atomic E-state index is 0.228. The Labute approximate surface area is 120 Å². The molecule has 0 saturated heterocycles. The normalized spacial score (nSPS) is 19.1. The fourth-order valence-electron chi connectivity index (χ4n) is 3.07. The summed E-state index contributed by atoms with van der Waals surface area (Å²) in [6.07, 6.45) is 5.16. The first-order valence-electron chi connectivity index (χ1n) is 7.43. The number of benzene rings is 1. The molecule has 0 unspecified atom stereocenters. The van der Waals surface area contributed by atoms with Gasteiger partial charge in [-0.25, -0.2) is 0 Å². The van der Waals surface area contributed by atoms with Crippen LogP contribution in [0.3, 0.4) is 0 Å². The standard InChI is InChI=1S/C16H22N2O2/c1-20-16(19)10-17-15-7-2-4-12-8-9-18(11-14(12)15)13-5-3-6-13/h2,4,7,13,17H,3,5-6,8-11H2,1H3. The van der Waals surface area contributed by atoms with Gasteiger partial charge in [-0.3, -0.25) is 9.69 Å². The summed E-state index contributed by atoms with van der Waals surface area (Å²) in [4.78, 5) is 13.9. The molecule has 0 aromatic heterocycles. The number of anilines is 1. The molecule has 1 aliphatic carbocycles. The van der Waals surface area contributed by atoms with Crippen molar-refractivity contribution in [3.05, 3.63) is 29.3 Å². The molecule has 1 heterocycles. The highest BCUT2D eigenvalue weighted by Crippen LogP contribution is 2.32.